The number of hydrogen-bond donors (Lipinski definition) is 1. The highest BCUT2D eigenvalue weighted by atomic mass is 32.1. The Labute approximate surface area is 200 Å². The normalized spacial score (nSPS) is 10.8. The highest BCUT2D eigenvalue weighted by Crippen LogP contribution is 2.39. The van der Waals surface area contributed by atoms with E-state index in [0.29, 0.717) is 64.6 Å². The van der Waals surface area contributed by atoms with Crippen molar-refractivity contribution >= 4 is 33.3 Å². The van der Waals surface area contributed by atoms with Gasteiger partial charge in [-0.1, -0.05) is 18.2 Å². The quantitative estimate of drug-likeness (QED) is 0.322. The summed E-state index contributed by atoms with van der Waals surface area (Å²) in [5.74, 6) is 0.918. The monoisotopic (exact) mass is 480 g/mol. The van der Waals surface area contributed by atoms with Crippen LogP contribution in [0.4, 0.5) is 5.13 Å². The van der Waals surface area contributed by atoms with Crippen molar-refractivity contribution in [3.63, 3.8) is 0 Å². The SMILES string of the molecule is CCOc1cc(C(=O)Nc2nc(-c3cc4ccccc4oc3=O)cs2)cc(OCC)c1OCC. The molecule has 4 rings (SSSR count). The summed E-state index contributed by atoms with van der Waals surface area (Å²) in [6.07, 6.45) is 0. The second kappa shape index (κ2) is 10.4. The fraction of sp³-hybridized carbons (Fsp3) is 0.240. The molecule has 176 valence electrons. The number of carbonyl (C=O) groups is 1. The predicted molar refractivity (Wildman–Crippen MR) is 131 cm³/mol. The van der Waals surface area contributed by atoms with Crippen LogP contribution in [0.3, 0.4) is 0 Å². The number of nitrogens with zero attached hydrogens (tertiary/aromatic N) is 1. The van der Waals surface area contributed by atoms with E-state index < -0.39 is 11.5 Å². The first-order chi connectivity index (χ1) is 16.5. The van der Waals surface area contributed by atoms with Crippen molar-refractivity contribution in [1.29, 1.82) is 0 Å². The zero-order valence-corrected chi connectivity index (χ0v) is 19.9. The van der Waals surface area contributed by atoms with Gasteiger partial charge in [-0.2, -0.15) is 0 Å². The molecule has 0 aliphatic heterocycles. The van der Waals surface area contributed by atoms with Crippen LogP contribution in [0.15, 0.2) is 57.1 Å². The minimum atomic E-state index is -0.490. The fourth-order valence-electron chi connectivity index (χ4n) is 3.38. The van der Waals surface area contributed by atoms with E-state index in [1.54, 1.807) is 35.7 Å². The lowest BCUT2D eigenvalue weighted by Crippen LogP contribution is -2.13. The number of para-hydroxylation sites is 1. The molecule has 0 aliphatic rings. The number of thiazole rings is 1. The molecule has 34 heavy (non-hydrogen) atoms. The van der Waals surface area contributed by atoms with Crippen molar-refractivity contribution in [2.75, 3.05) is 25.1 Å². The minimum Gasteiger partial charge on any atom is -0.490 e. The molecule has 0 radical (unpaired) electrons. The maximum atomic E-state index is 13.0. The van der Waals surface area contributed by atoms with E-state index in [1.807, 2.05) is 32.9 Å². The van der Waals surface area contributed by atoms with Gasteiger partial charge in [0.25, 0.3) is 5.91 Å². The third-order valence-electron chi connectivity index (χ3n) is 4.81. The largest absolute Gasteiger partial charge is 0.490 e. The molecule has 2 aromatic heterocycles. The number of aromatic nitrogens is 1. The number of rotatable bonds is 9. The van der Waals surface area contributed by atoms with Crippen LogP contribution < -0.4 is 25.2 Å². The standard InChI is InChI=1S/C25H24N2O6S/c1-4-30-20-12-16(13-21(31-5-2)22(20)32-6-3)23(28)27-25-26-18(14-34-25)17-11-15-9-7-8-10-19(15)33-24(17)29/h7-14H,4-6H2,1-3H3,(H,26,27,28). The summed E-state index contributed by atoms with van der Waals surface area (Å²) < 4.78 is 22.5. The molecule has 9 heteroatoms. The number of hydrogen-bond acceptors (Lipinski definition) is 8. The Bertz CT molecular complexity index is 1350. The number of nitrogens with one attached hydrogen (secondary N) is 1. The van der Waals surface area contributed by atoms with E-state index >= 15 is 0 Å². The summed E-state index contributed by atoms with van der Waals surface area (Å²) in [5, 5.41) is 5.61. The van der Waals surface area contributed by atoms with E-state index in [0.717, 1.165) is 5.39 Å². The summed E-state index contributed by atoms with van der Waals surface area (Å²) >= 11 is 1.21. The molecule has 1 N–H and O–H groups in total. The Morgan fingerprint density at radius 1 is 1.00 bits per heavy atom. The van der Waals surface area contributed by atoms with Crippen molar-refractivity contribution in [2.24, 2.45) is 0 Å². The van der Waals surface area contributed by atoms with Gasteiger partial charge in [0.1, 0.15) is 5.58 Å². The van der Waals surface area contributed by atoms with Gasteiger partial charge in [0, 0.05) is 16.3 Å². The molecule has 0 saturated heterocycles. The lowest BCUT2D eigenvalue weighted by molar-refractivity contribution is 0.102. The summed E-state index contributed by atoms with van der Waals surface area (Å²) in [5.41, 5.74) is 1.10. The van der Waals surface area contributed by atoms with Crippen LogP contribution in [0.1, 0.15) is 31.1 Å². The first-order valence-electron chi connectivity index (χ1n) is 10.9. The van der Waals surface area contributed by atoms with Crippen molar-refractivity contribution in [2.45, 2.75) is 20.8 Å². The van der Waals surface area contributed by atoms with Gasteiger partial charge in [0.05, 0.1) is 31.1 Å². The molecule has 0 bridgehead atoms. The first kappa shape index (κ1) is 23.3. The fourth-order valence-corrected chi connectivity index (χ4v) is 4.09. The van der Waals surface area contributed by atoms with E-state index in [2.05, 4.69) is 10.3 Å². The van der Waals surface area contributed by atoms with E-state index in [4.69, 9.17) is 18.6 Å². The van der Waals surface area contributed by atoms with Gasteiger partial charge in [-0.05, 0) is 45.0 Å². The Balaban J connectivity index is 1.62. The summed E-state index contributed by atoms with van der Waals surface area (Å²) in [6, 6.07) is 12.2. The molecular formula is C25H24N2O6S. The lowest BCUT2D eigenvalue weighted by Gasteiger charge is -2.16. The van der Waals surface area contributed by atoms with Crippen LogP contribution in [-0.2, 0) is 0 Å². The first-order valence-corrected chi connectivity index (χ1v) is 11.8. The Morgan fingerprint density at radius 2 is 1.68 bits per heavy atom. The molecular weight excluding hydrogens is 456 g/mol. The Morgan fingerprint density at radius 3 is 2.35 bits per heavy atom. The molecule has 8 nitrogen and oxygen atoms in total. The molecule has 0 atom stereocenters. The van der Waals surface area contributed by atoms with Gasteiger partial charge in [-0.15, -0.1) is 11.3 Å². The molecule has 2 aromatic carbocycles. The van der Waals surface area contributed by atoms with E-state index in [-0.39, 0.29) is 0 Å². The van der Waals surface area contributed by atoms with Gasteiger partial charge >= 0.3 is 5.63 Å². The van der Waals surface area contributed by atoms with Crippen LogP contribution in [0.5, 0.6) is 17.2 Å². The average Bonchev–Trinajstić information content (AvgIpc) is 3.29. The number of anilines is 1. The number of ether oxygens (including phenoxy) is 3. The van der Waals surface area contributed by atoms with Crippen molar-refractivity contribution in [3.8, 4) is 28.5 Å². The molecule has 0 aliphatic carbocycles. The Kier molecular flexibility index (Phi) is 7.12. The van der Waals surface area contributed by atoms with Crippen LogP contribution in [-0.4, -0.2) is 30.7 Å². The van der Waals surface area contributed by atoms with E-state index in [1.165, 1.54) is 11.3 Å². The zero-order chi connectivity index (χ0) is 24.1. The number of fused-ring (bicyclic) bond motifs is 1. The van der Waals surface area contributed by atoms with Crippen LogP contribution >= 0.6 is 11.3 Å². The van der Waals surface area contributed by atoms with Crippen molar-refractivity contribution < 1.29 is 23.4 Å². The maximum Gasteiger partial charge on any atom is 0.345 e. The zero-order valence-electron chi connectivity index (χ0n) is 19.0. The number of benzene rings is 2. The highest BCUT2D eigenvalue weighted by Gasteiger charge is 2.20. The second-order valence-corrected chi connectivity index (χ2v) is 7.94. The molecule has 0 unspecified atom stereocenters. The predicted octanol–water partition coefficient (Wildman–Crippen LogP) is 5.36. The smallest absolute Gasteiger partial charge is 0.345 e. The van der Waals surface area contributed by atoms with Crippen LogP contribution in [0.25, 0.3) is 22.2 Å². The third kappa shape index (κ3) is 4.89. The van der Waals surface area contributed by atoms with Crippen molar-refractivity contribution in [3.05, 3.63) is 63.8 Å². The molecule has 0 saturated carbocycles. The van der Waals surface area contributed by atoms with Gasteiger partial charge in [0.2, 0.25) is 5.75 Å². The number of carbonyl (C=O) groups excluding carboxylic acids is 1. The van der Waals surface area contributed by atoms with E-state index in [9.17, 15) is 9.59 Å². The lowest BCUT2D eigenvalue weighted by atomic mass is 10.1. The second-order valence-electron chi connectivity index (χ2n) is 7.08. The molecule has 2 heterocycles. The van der Waals surface area contributed by atoms with Crippen molar-refractivity contribution in [1.82, 2.24) is 4.98 Å². The van der Waals surface area contributed by atoms with Crippen LogP contribution in [0.2, 0.25) is 0 Å². The van der Waals surface area contributed by atoms with Gasteiger partial charge in [-0.3, -0.25) is 10.1 Å². The topological polar surface area (TPSA) is 99.9 Å². The summed E-state index contributed by atoms with van der Waals surface area (Å²) in [6.45, 7) is 6.80. The average molecular weight is 481 g/mol. The van der Waals surface area contributed by atoms with Gasteiger partial charge in [-0.25, -0.2) is 9.78 Å². The molecule has 4 aromatic rings. The summed E-state index contributed by atoms with van der Waals surface area (Å²) in [4.78, 5) is 29.9. The maximum absolute atomic E-state index is 13.0. The molecule has 1 amide bonds. The Hall–Kier alpha value is -3.85. The van der Waals surface area contributed by atoms with Gasteiger partial charge in [0.15, 0.2) is 16.6 Å². The van der Waals surface area contributed by atoms with Crippen LogP contribution in [0, 0.1) is 0 Å². The number of amides is 1. The van der Waals surface area contributed by atoms with Gasteiger partial charge < -0.3 is 18.6 Å². The summed E-state index contributed by atoms with van der Waals surface area (Å²) in [7, 11) is 0. The molecule has 0 fully saturated rings. The third-order valence-corrected chi connectivity index (χ3v) is 5.57. The molecule has 0 spiro atoms. The minimum absolute atomic E-state index is 0.328. The highest BCUT2D eigenvalue weighted by molar-refractivity contribution is 7.14.